The molecular weight excluding hydrogens is 138 g/mol. The lowest BCUT2D eigenvalue weighted by molar-refractivity contribution is 0.565. The molecular formula is C9H7NO. The van der Waals surface area contributed by atoms with Crippen LogP contribution in [0.4, 0.5) is 5.69 Å². The van der Waals surface area contributed by atoms with Gasteiger partial charge in [-0.05, 0) is 12.1 Å². The molecule has 1 aromatic carbocycles. The number of hydrogen-bond donors (Lipinski definition) is 0. The highest BCUT2D eigenvalue weighted by atomic mass is 16.1. The Kier molecular flexibility index (Phi) is 5.23. The van der Waals surface area contributed by atoms with Gasteiger partial charge < -0.3 is 0 Å². The summed E-state index contributed by atoms with van der Waals surface area (Å²) < 4.78 is 0. The average molecular weight is 145 g/mol. The zero-order chi connectivity index (χ0) is 8.53. The van der Waals surface area contributed by atoms with Crippen molar-refractivity contribution in [2.24, 2.45) is 4.99 Å². The number of hydrogen-bond acceptors (Lipinski definition) is 2. The van der Waals surface area contributed by atoms with Crippen LogP contribution in [0.3, 0.4) is 0 Å². The highest BCUT2D eigenvalue weighted by Gasteiger charge is 1.79. The maximum atomic E-state index is 9.68. The number of nitrogens with zero attached hydrogens (tertiary/aromatic N) is 1. The van der Waals surface area contributed by atoms with Gasteiger partial charge in [-0.25, -0.2) is 4.79 Å². The van der Waals surface area contributed by atoms with Crippen LogP contribution in [0, 0.1) is 12.8 Å². The Morgan fingerprint density at radius 3 is 2.18 bits per heavy atom. The van der Waals surface area contributed by atoms with Crippen LogP contribution in [0.2, 0.25) is 0 Å². The lowest BCUT2D eigenvalue weighted by atomic mass is 10.3. The van der Waals surface area contributed by atoms with Gasteiger partial charge in [0.2, 0.25) is 6.08 Å². The maximum Gasteiger partial charge on any atom is 0.240 e. The van der Waals surface area contributed by atoms with Gasteiger partial charge in [-0.1, -0.05) is 18.2 Å². The Morgan fingerprint density at radius 2 is 1.73 bits per heavy atom. The third kappa shape index (κ3) is 3.69. The van der Waals surface area contributed by atoms with Gasteiger partial charge in [-0.15, -0.1) is 12.8 Å². The molecule has 0 aliphatic carbocycles. The number of aliphatic imine (C=N–C) groups is 1. The minimum absolute atomic E-state index is 0.646. The SMILES string of the molecule is C#C.O=C=Nc1ccccc1. The van der Waals surface area contributed by atoms with E-state index < -0.39 is 0 Å². The van der Waals surface area contributed by atoms with Crippen molar-refractivity contribution in [3.63, 3.8) is 0 Å². The first kappa shape index (κ1) is 9.16. The van der Waals surface area contributed by atoms with Gasteiger partial charge >= 0.3 is 0 Å². The molecule has 0 aromatic heterocycles. The third-order valence-corrected chi connectivity index (χ3v) is 0.931. The second-order valence-electron chi connectivity index (χ2n) is 1.54. The van der Waals surface area contributed by atoms with Gasteiger partial charge in [0.15, 0.2) is 0 Å². The van der Waals surface area contributed by atoms with Crippen LogP contribution < -0.4 is 0 Å². The maximum absolute atomic E-state index is 9.68. The molecule has 11 heavy (non-hydrogen) atoms. The highest BCUT2D eigenvalue weighted by Crippen LogP contribution is 2.06. The van der Waals surface area contributed by atoms with Crippen LogP contribution in [0.15, 0.2) is 35.3 Å². The predicted octanol–water partition coefficient (Wildman–Crippen LogP) is 1.90. The molecule has 0 spiro atoms. The monoisotopic (exact) mass is 145 g/mol. The summed E-state index contributed by atoms with van der Waals surface area (Å²) in [7, 11) is 0. The molecule has 0 aliphatic rings. The van der Waals surface area contributed by atoms with E-state index in [1.807, 2.05) is 18.2 Å². The summed E-state index contributed by atoms with van der Waals surface area (Å²) in [4.78, 5) is 13.1. The molecule has 0 amide bonds. The van der Waals surface area contributed by atoms with E-state index in [1.165, 1.54) is 6.08 Å². The van der Waals surface area contributed by atoms with E-state index in [-0.39, 0.29) is 0 Å². The number of para-hydroxylation sites is 1. The fourth-order valence-electron chi connectivity index (χ4n) is 0.555. The number of isocyanates is 1. The summed E-state index contributed by atoms with van der Waals surface area (Å²) >= 11 is 0. The number of rotatable bonds is 1. The van der Waals surface area contributed by atoms with Crippen molar-refractivity contribution in [2.75, 3.05) is 0 Å². The minimum Gasteiger partial charge on any atom is -0.211 e. The summed E-state index contributed by atoms with van der Waals surface area (Å²) in [5.74, 6) is 0. The fourth-order valence-corrected chi connectivity index (χ4v) is 0.555. The molecule has 2 heteroatoms. The van der Waals surface area contributed by atoms with Crippen molar-refractivity contribution in [1.82, 2.24) is 0 Å². The Hall–Kier alpha value is -1.84. The van der Waals surface area contributed by atoms with Crippen LogP contribution in [-0.4, -0.2) is 6.08 Å². The Labute approximate surface area is 65.6 Å². The molecule has 0 heterocycles. The molecule has 1 rings (SSSR count). The van der Waals surface area contributed by atoms with Crippen molar-refractivity contribution in [1.29, 1.82) is 0 Å². The predicted molar refractivity (Wildman–Crippen MR) is 44.1 cm³/mol. The van der Waals surface area contributed by atoms with Crippen molar-refractivity contribution in [3.05, 3.63) is 30.3 Å². The third-order valence-electron chi connectivity index (χ3n) is 0.931. The molecule has 0 saturated carbocycles. The topological polar surface area (TPSA) is 29.4 Å². The second-order valence-corrected chi connectivity index (χ2v) is 1.54. The van der Waals surface area contributed by atoms with E-state index in [1.54, 1.807) is 12.1 Å². The number of terminal acetylenes is 1. The van der Waals surface area contributed by atoms with Crippen LogP contribution in [-0.2, 0) is 4.79 Å². The van der Waals surface area contributed by atoms with Gasteiger partial charge in [0.05, 0.1) is 5.69 Å². The molecule has 0 N–H and O–H groups in total. The Bertz CT molecular complexity index is 257. The van der Waals surface area contributed by atoms with Crippen LogP contribution in [0.25, 0.3) is 0 Å². The Morgan fingerprint density at radius 1 is 1.18 bits per heavy atom. The quantitative estimate of drug-likeness (QED) is 0.337. The van der Waals surface area contributed by atoms with Gasteiger partial charge in [0, 0.05) is 0 Å². The first-order chi connectivity index (χ1) is 5.43. The molecule has 0 atom stereocenters. The fraction of sp³-hybridized carbons (Fsp3) is 0. The van der Waals surface area contributed by atoms with Gasteiger partial charge in [0.1, 0.15) is 0 Å². The number of benzene rings is 1. The largest absolute Gasteiger partial charge is 0.240 e. The second kappa shape index (κ2) is 6.28. The highest BCUT2D eigenvalue weighted by molar-refractivity contribution is 5.47. The molecule has 0 aliphatic heterocycles. The molecule has 0 fully saturated rings. The lowest BCUT2D eigenvalue weighted by Gasteiger charge is -1.83. The molecule has 0 unspecified atom stereocenters. The summed E-state index contributed by atoms with van der Waals surface area (Å²) in [6.45, 7) is 0. The van der Waals surface area contributed by atoms with Gasteiger partial charge in [-0.3, -0.25) is 0 Å². The van der Waals surface area contributed by atoms with E-state index in [0.717, 1.165) is 0 Å². The molecule has 0 saturated heterocycles. The van der Waals surface area contributed by atoms with Crippen LogP contribution in [0.1, 0.15) is 0 Å². The standard InChI is InChI=1S/C7H5NO.C2H2/c9-6-8-7-4-2-1-3-5-7;1-2/h1-5H;1-2H. The molecule has 0 bridgehead atoms. The minimum atomic E-state index is 0.646. The molecule has 54 valence electrons. The smallest absolute Gasteiger partial charge is 0.211 e. The zero-order valence-corrected chi connectivity index (χ0v) is 5.90. The summed E-state index contributed by atoms with van der Waals surface area (Å²) in [5.41, 5.74) is 0.646. The van der Waals surface area contributed by atoms with E-state index in [2.05, 4.69) is 17.8 Å². The van der Waals surface area contributed by atoms with E-state index in [9.17, 15) is 4.79 Å². The normalized spacial score (nSPS) is 6.73. The van der Waals surface area contributed by atoms with Crippen LogP contribution >= 0.6 is 0 Å². The lowest BCUT2D eigenvalue weighted by Crippen LogP contribution is -1.59. The van der Waals surface area contributed by atoms with Crippen molar-refractivity contribution in [3.8, 4) is 12.8 Å². The first-order valence-corrected chi connectivity index (χ1v) is 2.90. The Balaban J connectivity index is 0.000000461. The van der Waals surface area contributed by atoms with Crippen molar-refractivity contribution < 1.29 is 4.79 Å². The molecule has 0 radical (unpaired) electrons. The molecule has 1 aromatic rings. The summed E-state index contributed by atoms with van der Waals surface area (Å²) in [5, 5.41) is 0. The van der Waals surface area contributed by atoms with E-state index in [0.29, 0.717) is 5.69 Å². The van der Waals surface area contributed by atoms with Gasteiger partial charge in [0.25, 0.3) is 0 Å². The van der Waals surface area contributed by atoms with Crippen molar-refractivity contribution >= 4 is 11.8 Å². The van der Waals surface area contributed by atoms with Gasteiger partial charge in [-0.2, -0.15) is 4.99 Å². The molecule has 2 nitrogen and oxygen atoms in total. The van der Waals surface area contributed by atoms with Crippen LogP contribution in [0.5, 0.6) is 0 Å². The summed E-state index contributed by atoms with van der Waals surface area (Å²) in [6, 6.07) is 8.98. The zero-order valence-electron chi connectivity index (χ0n) is 5.90. The first-order valence-electron chi connectivity index (χ1n) is 2.90. The van der Waals surface area contributed by atoms with Crippen molar-refractivity contribution in [2.45, 2.75) is 0 Å². The van der Waals surface area contributed by atoms with E-state index >= 15 is 0 Å². The van der Waals surface area contributed by atoms with E-state index in [4.69, 9.17) is 0 Å². The average Bonchev–Trinajstić information content (AvgIpc) is 2.11. The number of carbonyl (C=O) groups excluding carboxylic acids is 1. The summed E-state index contributed by atoms with van der Waals surface area (Å²) in [6.07, 6.45) is 9.46.